The fourth-order valence-electron chi connectivity index (χ4n) is 0.324. The maximum Gasteiger partial charge on any atom is 0.178 e. The van der Waals surface area contributed by atoms with Gasteiger partial charge in [0.15, 0.2) is 6.26 Å². The van der Waals surface area contributed by atoms with E-state index in [1.807, 2.05) is 0 Å². The molecule has 2 nitrogen and oxygen atoms in total. The molecule has 1 N–H and O–H groups in total. The molecular formula is C4H6NO. The number of nitrogens with one attached hydrogen (secondary N) is 1. The van der Waals surface area contributed by atoms with E-state index in [2.05, 4.69) is 11.6 Å². The Bertz CT molecular complexity index is 52.6. The van der Waals surface area contributed by atoms with Crippen LogP contribution in [0.15, 0.2) is 6.20 Å². The predicted octanol–water partition coefficient (Wildman–Crippen LogP) is -0.119. The number of hydrogen-bond donors (Lipinski definition) is 1. The molecule has 1 rings (SSSR count). The van der Waals surface area contributed by atoms with E-state index in [1.54, 1.807) is 6.20 Å². The Morgan fingerprint density at radius 1 is 1.83 bits per heavy atom. The Morgan fingerprint density at radius 3 is 3.00 bits per heavy atom. The minimum atomic E-state index is 0.747. The molecule has 0 aliphatic carbocycles. The lowest BCUT2D eigenvalue weighted by atomic mass is 10.6. The van der Waals surface area contributed by atoms with E-state index in [9.17, 15) is 0 Å². The summed E-state index contributed by atoms with van der Waals surface area (Å²) in [5.74, 6) is 0. The summed E-state index contributed by atoms with van der Waals surface area (Å²) < 4.78 is 4.70. The van der Waals surface area contributed by atoms with Crippen molar-refractivity contribution in [3.8, 4) is 0 Å². The molecule has 0 atom stereocenters. The SMILES string of the molecule is [C]1=CNCCO1. The van der Waals surface area contributed by atoms with E-state index >= 15 is 0 Å². The van der Waals surface area contributed by atoms with Crippen molar-refractivity contribution >= 4 is 0 Å². The van der Waals surface area contributed by atoms with Gasteiger partial charge in [-0.2, -0.15) is 0 Å². The summed E-state index contributed by atoms with van der Waals surface area (Å²) in [4.78, 5) is 0. The van der Waals surface area contributed by atoms with Gasteiger partial charge in [0.1, 0.15) is 6.61 Å². The van der Waals surface area contributed by atoms with Crippen molar-refractivity contribution < 1.29 is 4.74 Å². The number of rotatable bonds is 0. The van der Waals surface area contributed by atoms with Crippen LogP contribution in [0.1, 0.15) is 0 Å². The number of hydrogen-bond acceptors (Lipinski definition) is 2. The van der Waals surface area contributed by atoms with E-state index in [1.165, 1.54) is 0 Å². The van der Waals surface area contributed by atoms with Crippen LogP contribution in [0, 0.1) is 6.26 Å². The third-order valence-corrected chi connectivity index (χ3v) is 0.593. The second-order valence-electron chi connectivity index (χ2n) is 1.06. The second-order valence-corrected chi connectivity index (χ2v) is 1.06. The highest BCUT2D eigenvalue weighted by Gasteiger charge is 1.85. The summed E-state index contributed by atoms with van der Waals surface area (Å²) >= 11 is 0. The van der Waals surface area contributed by atoms with Crippen molar-refractivity contribution in [2.24, 2.45) is 0 Å². The third-order valence-electron chi connectivity index (χ3n) is 0.593. The van der Waals surface area contributed by atoms with Crippen LogP contribution in [0.2, 0.25) is 0 Å². The molecule has 0 aromatic rings. The van der Waals surface area contributed by atoms with Crippen molar-refractivity contribution in [1.82, 2.24) is 5.32 Å². The molecule has 0 saturated carbocycles. The van der Waals surface area contributed by atoms with Crippen LogP contribution in [-0.2, 0) is 4.74 Å². The number of ether oxygens (including phenoxy) is 1. The molecule has 0 spiro atoms. The molecule has 33 valence electrons. The highest BCUT2D eigenvalue weighted by atomic mass is 16.5. The maximum absolute atomic E-state index is 4.70. The lowest BCUT2D eigenvalue weighted by Gasteiger charge is -2.03. The molecule has 0 amide bonds. The van der Waals surface area contributed by atoms with Gasteiger partial charge in [0.2, 0.25) is 0 Å². The highest BCUT2D eigenvalue weighted by Crippen LogP contribution is 1.77. The molecule has 1 aliphatic heterocycles. The van der Waals surface area contributed by atoms with Crippen LogP contribution in [0.3, 0.4) is 0 Å². The molecule has 0 unspecified atom stereocenters. The predicted molar refractivity (Wildman–Crippen MR) is 21.8 cm³/mol. The van der Waals surface area contributed by atoms with Crippen LogP contribution in [0.25, 0.3) is 0 Å². The molecule has 6 heavy (non-hydrogen) atoms. The highest BCUT2D eigenvalue weighted by molar-refractivity contribution is 4.67. The van der Waals surface area contributed by atoms with Gasteiger partial charge in [0, 0.05) is 12.7 Å². The normalized spacial score (nSPS) is 18.7. The fourth-order valence-corrected chi connectivity index (χ4v) is 0.324. The van der Waals surface area contributed by atoms with Crippen LogP contribution in [-0.4, -0.2) is 13.2 Å². The monoisotopic (exact) mass is 84.0 g/mol. The molecule has 0 bridgehead atoms. The smallest absolute Gasteiger partial charge is 0.178 e. The van der Waals surface area contributed by atoms with Gasteiger partial charge in [-0.15, -0.1) is 0 Å². The minimum absolute atomic E-state index is 0.747. The van der Waals surface area contributed by atoms with Crippen molar-refractivity contribution in [2.45, 2.75) is 0 Å². The molecule has 0 aromatic heterocycles. The molecule has 1 radical (unpaired) electrons. The zero-order valence-electron chi connectivity index (χ0n) is 3.40. The summed E-state index contributed by atoms with van der Waals surface area (Å²) in [6.45, 7) is 1.66. The van der Waals surface area contributed by atoms with E-state index in [0.29, 0.717) is 0 Å². The van der Waals surface area contributed by atoms with Gasteiger partial charge in [-0.1, -0.05) is 0 Å². The zero-order chi connectivity index (χ0) is 4.24. The molecule has 1 heterocycles. The summed E-state index contributed by atoms with van der Waals surface area (Å²) in [6.07, 6.45) is 4.22. The zero-order valence-corrected chi connectivity index (χ0v) is 3.40. The Balaban J connectivity index is 2.26. The molecular weight excluding hydrogens is 78.0 g/mol. The third kappa shape index (κ3) is 0.641. The van der Waals surface area contributed by atoms with Crippen LogP contribution in [0.4, 0.5) is 0 Å². The average Bonchev–Trinajstić information content (AvgIpc) is 1.72. The lowest BCUT2D eigenvalue weighted by molar-refractivity contribution is 0.215. The topological polar surface area (TPSA) is 21.3 Å². The first-order chi connectivity index (χ1) is 3.00. The average molecular weight is 84.1 g/mol. The van der Waals surface area contributed by atoms with Gasteiger partial charge in [-0.3, -0.25) is 0 Å². The van der Waals surface area contributed by atoms with Crippen molar-refractivity contribution in [2.75, 3.05) is 13.2 Å². The van der Waals surface area contributed by atoms with Gasteiger partial charge in [-0.25, -0.2) is 0 Å². The van der Waals surface area contributed by atoms with Crippen molar-refractivity contribution in [3.05, 3.63) is 12.5 Å². The maximum atomic E-state index is 4.70. The lowest BCUT2D eigenvalue weighted by Crippen LogP contribution is -2.16. The minimum Gasteiger partial charge on any atom is -0.486 e. The Morgan fingerprint density at radius 2 is 2.83 bits per heavy atom. The van der Waals surface area contributed by atoms with Gasteiger partial charge < -0.3 is 10.1 Å². The van der Waals surface area contributed by atoms with Gasteiger partial charge in [0.25, 0.3) is 0 Å². The quantitative estimate of drug-likeness (QED) is 0.442. The summed E-state index contributed by atoms with van der Waals surface area (Å²) in [7, 11) is 0. The van der Waals surface area contributed by atoms with E-state index in [0.717, 1.165) is 13.2 Å². The van der Waals surface area contributed by atoms with E-state index < -0.39 is 0 Å². The summed E-state index contributed by atoms with van der Waals surface area (Å²) in [5, 5.41) is 2.92. The first kappa shape index (κ1) is 3.53. The Labute approximate surface area is 36.8 Å². The first-order valence-corrected chi connectivity index (χ1v) is 1.92. The largest absolute Gasteiger partial charge is 0.486 e. The van der Waals surface area contributed by atoms with Gasteiger partial charge in [-0.05, 0) is 0 Å². The standard InChI is InChI=1S/C4H6NO/c1-3-6-4-2-5-1/h1,5H,2,4H2. The van der Waals surface area contributed by atoms with Crippen LogP contribution < -0.4 is 5.32 Å². The van der Waals surface area contributed by atoms with Gasteiger partial charge in [0.05, 0.1) is 0 Å². The van der Waals surface area contributed by atoms with Crippen LogP contribution in [0.5, 0.6) is 0 Å². The first-order valence-electron chi connectivity index (χ1n) is 1.92. The van der Waals surface area contributed by atoms with Crippen LogP contribution >= 0.6 is 0 Å². The molecule has 2 heteroatoms. The summed E-state index contributed by atoms with van der Waals surface area (Å²) in [6, 6.07) is 0. The molecule has 0 aromatic carbocycles. The molecule has 0 fully saturated rings. The van der Waals surface area contributed by atoms with Gasteiger partial charge >= 0.3 is 0 Å². The Kier molecular flexibility index (Phi) is 0.998. The second kappa shape index (κ2) is 1.70. The van der Waals surface area contributed by atoms with E-state index in [-0.39, 0.29) is 0 Å². The van der Waals surface area contributed by atoms with E-state index in [4.69, 9.17) is 4.74 Å². The molecule has 1 aliphatic rings. The van der Waals surface area contributed by atoms with Crippen molar-refractivity contribution in [3.63, 3.8) is 0 Å². The summed E-state index contributed by atoms with van der Waals surface area (Å²) in [5.41, 5.74) is 0. The fraction of sp³-hybridized carbons (Fsp3) is 0.500. The molecule has 0 saturated heterocycles. The van der Waals surface area contributed by atoms with Crippen molar-refractivity contribution in [1.29, 1.82) is 0 Å². The Hall–Kier alpha value is -0.660.